The zero-order valence-corrected chi connectivity index (χ0v) is 7.33. The Hall–Kier alpha value is -1.11. The van der Waals surface area contributed by atoms with E-state index in [1.54, 1.807) is 0 Å². The molecule has 3 N–H and O–H groups in total. The molecule has 0 spiro atoms. The van der Waals surface area contributed by atoms with Gasteiger partial charge in [-0.3, -0.25) is 4.79 Å². The van der Waals surface area contributed by atoms with E-state index in [0.717, 1.165) is 0 Å². The Morgan fingerprint density at radius 3 is 2.93 bits per heavy atom. The van der Waals surface area contributed by atoms with Gasteiger partial charge in [0.15, 0.2) is 12.3 Å². The van der Waals surface area contributed by atoms with Gasteiger partial charge in [-0.1, -0.05) is 0 Å². The predicted octanol–water partition coefficient (Wildman–Crippen LogP) is -1.30. The molecule has 2 aliphatic heterocycles. The van der Waals surface area contributed by atoms with E-state index in [-0.39, 0.29) is 18.6 Å². The molecule has 3 atom stereocenters. The van der Waals surface area contributed by atoms with Crippen molar-refractivity contribution in [2.75, 3.05) is 6.61 Å². The van der Waals surface area contributed by atoms with E-state index in [1.165, 1.54) is 11.0 Å². The minimum atomic E-state index is -1.08. The summed E-state index contributed by atoms with van der Waals surface area (Å²) < 4.78 is 5.23. The van der Waals surface area contributed by atoms with E-state index in [9.17, 15) is 9.90 Å². The molecule has 0 amide bonds. The van der Waals surface area contributed by atoms with Gasteiger partial charge in [-0.15, -0.1) is 0 Å². The Morgan fingerprint density at radius 1 is 1.71 bits per heavy atom. The van der Waals surface area contributed by atoms with Crippen molar-refractivity contribution in [3.05, 3.63) is 11.8 Å². The number of aliphatic hydroxyl groups is 2. The van der Waals surface area contributed by atoms with E-state index in [0.29, 0.717) is 6.42 Å². The molecule has 0 radical (unpaired) electrons. The molecule has 0 aromatic carbocycles. The minimum Gasteiger partial charge on any atom is -0.480 e. The van der Waals surface area contributed by atoms with Crippen LogP contribution in [0, 0.1) is 0 Å². The van der Waals surface area contributed by atoms with Crippen molar-refractivity contribution in [2.24, 2.45) is 0 Å². The summed E-state index contributed by atoms with van der Waals surface area (Å²) in [5.41, 5.74) is 0. The fourth-order valence-electron chi connectivity index (χ4n) is 1.79. The highest BCUT2D eigenvalue weighted by Crippen LogP contribution is 2.38. The lowest BCUT2D eigenvalue weighted by Crippen LogP contribution is -2.57. The van der Waals surface area contributed by atoms with E-state index >= 15 is 0 Å². The van der Waals surface area contributed by atoms with Crippen molar-refractivity contribution in [2.45, 2.75) is 24.9 Å². The third-order valence-corrected chi connectivity index (χ3v) is 2.46. The lowest BCUT2D eigenvalue weighted by molar-refractivity contribution is -0.184. The van der Waals surface area contributed by atoms with Crippen LogP contribution in [-0.4, -0.2) is 51.3 Å². The number of hydrogen-bond acceptors (Lipinski definition) is 5. The fourth-order valence-corrected chi connectivity index (χ4v) is 1.79. The second kappa shape index (κ2) is 3.23. The largest absolute Gasteiger partial charge is 0.480 e. The number of carboxylic acid groups (broad SMARTS) is 1. The summed E-state index contributed by atoms with van der Waals surface area (Å²) in [4.78, 5) is 12.2. The van der Waals surface area contributed by atoms with Crippen molar-refractivity contribution in [3.63, 3.8) is 0 Å². The molecule has 0 aromatic heterocycles. The molecule has 14 heavy (non-hydrogen) atoms. The second-order valence-electron chi connectivity index (χ2n) is 3.27. The quantitative estimate of drug-likeness (QED) is 0.514. The average Bonchev–Trinajstić information content (AvgIpc) is 2.39. The summed E-state index contributed by atoms with van der Waals surface area (Å²) in [6, 6.07) is -0.962. The molecular formula is C8H11NO5. The van der Waals surface area contributed by atoms with Gasteiger partial charge in [0.1, 0.15) is 12.0 Å². The van der Waals surface area contributed by atoms with Crippen LogP contribution in [0.4, 0.5) is 0 Å². The standard InChI is InChI=1S/C8H11NO5/c10-2-1-4-7(8(12)13)9-5(11)3-6(9)14-4/h1,5-7,10-11H,2-3H2,(H,12,13). The van der Waals surface area contributed by atoms with Crippen molar-refractivity contribution in [3.8, 4) is 0 Å². The number of ether oxygens (including phenoxy) is 1. The molecule has 6 heteroatoms. The molecule has 0 aliphatic carbocycles. The summed E-state index contributed by atoms with van der Waals surface area (Å²) in [6.45, 7) is -0.268. The zero-order valence-electron chi connectivity index (χ0n) is 7.33. The van der Waals surface area contributed by atoms with E-state index in [2.05, 4.69) is 0 Å². The molecule has 0 saturated carbocycles. The summed E-state index contributed by atoms with van der Waals surface area (Å²) in [7, 11) is 0. The Balaban J connectivity index is 2.22. The number of carbonyl (C=O) groups is 1. The molecule has 2 heterocycles. The zero-order chi connectivity index (χ0) is 10.3. The Labute approximate surface area is 80.0 Å². The third-order valence-electron chi connectivity index (χ3n) is 2.46. The molecule has 2 aliphatic rings. The number of fused-ring (bicyclic) bond motifs is 1. The Morgan fingerprint density at radius 2 is 2.43 bits per heavy atom. The summed E-state index contributed by atoms with van der Waals surface area (Å²) >= 11 is 0. The molecule has 0 bridgehead atoms. The fraction of sp³-hybridized carbons (Fsp3) is 0.625. The van der Waals surface area contributed by atoms with Gasteiger partial charge in [-0.2, -0.15) is 0 Å². The van der Waals surface area contributed by atoms with Gasteiger partial charge in [0.2, 0.25) is 0 Å². The van der Waals surface area contributed by atoms with E-state index in [1.807, 2.05) is 0 Å². The van der Waals surface area contributed by atoms with Gasteiger partial charge in [-0.25, -0.2) is 4.90 Å². The molecule has 3 unspecified atom stereocenters. The van der Waals surface area contributed by atoms with Crippen molar-refractivity contribution < 1.29 is 24.9 Å². The molecule has 2 saturated heterocycles. The Kier molecular flexibility index (Phi) is 2.18. The van der Waals surface area contributed by atoms with Gasteiger partial charge in [0, 0.05) is 6.42 Å². The molecule has 6 nitrogen and oxygen atoms in total. The number of aliphatic hydroxyl groups excluding tert-OH is 2. The van der Waals surface area contributed by atoms with Crippen LogP contribution in [0.5, 0.6) is 0 Å². The van der Waals surface area contributed by atoms with Crippen LogP contribution in [-0.2, 0) is 9.53 Å². The highest BCUT2D eigenvalue weighted by Gasteiger charge is 2.54. The summed E-state index contributed by atoms with van der Waals surface area (Å²) in [6.07, 6.45) is 0.603. The number of hydrogen-bond donors (Lipinski definition) is 3. The number of nitrogens with zero attached hydrogens (tertiary/aromatic N) is 1. The highest BCUT2D eigenvalue weighted by atomic mass is 16.5. The van der Waals surface area contributed by atoms with Crippen LogP contribution < -0.4 is 0 Å². The summed E-state index contributed by atoms with van der Waals surface area (Å²) in [5.74, 6) is -0.868. The van der Waals surface area contributed by atoms with Gasteiger partial charge in [0.05, 0.1) is 6.61 Å². The minimum absolute atomic E-state index is 0.210. The SMILES string of the molecule is O=C(O)C1C(=CCO)OC2CC(O)N21. The third kappa shape index (κ3) is 1.19. The molecule has 2 fully saturated rings. The van der Waals surface area contributed by atoms with Crippen LogP contribution in [0.2, 0.25) is 0 Å². The van der Waals surface area contributed by atoms with Gasteiger partial charge < -0.3 is 20.1 Å². The van der Waals surface area contributed by atoms with Crippen LogP contribution in [0.25, 0.3) is 0 Å². The number of aliphatic carboxylic acids is 1. The second-order valence-corrected chi connectivity index (χ2v) is 3.27. The highest BCUT2D eigenvalue weighted by molar-refractivity contribution is 5.77. The maximum Gasteiger partial charge on any atom is 0.329 e. The van der Waals surface area contributed by atoms with Crippen LogP contribution in [0.3, 0.4) is 0 Å². The lowest BCUT2D eigenvalue weighted by atomic mass is 10.1. The first-order valence-electron chi connectivity index (χ1n) is 4.31. The van der Waals surface area contributed by atoms with E-state index < -0.39 is 18.2 Å². The molecule has 0 aromatic rings. The van der Waals surface area contributed by atoms with Gasteiger partial charge in [0.25, 0.3) is 0 Å². The summed E-state index contributed by atoms with van der Waals surface area (Å²) in [5, 5.41) is 26.9. The first kappa shape index (κ1) is 9.45. The maximum absolute atomic E-state index is 10.9. The number of rotatable bonds is 2. The van der Waals surface area contributed by atoms with Crippen molar-refractivity contribution in [1.82, 2.24) is 4.90 Å². The monoisotopic (exact) mass is 201 g/mol. The lowest BCUT2D eigenvalue weighted by Gasteiger charge is -2.39. The van der Waals surface area contributed by atoms with Crippen LogP contribution >= 0.6 is 0 Å². The number of carboxylic acids is 1. The van der Waals surface area contributed by atoms with Gasteiger partial charge in [-0.05, 0) is 6.08 Å². The first-order chi connectivity index (χ1) is 6.65. The van der Waals surface area contributed by atoms with Crippen molar-refractivity contribution >= 4 is 5.97 Å². The predicted molar refractivity (Wildman–Crippen MR) is 43.9 cm³/mol. The Bertz CT molecular complexity index is 289. The maximum atomic E-state index is 10.9. The smallest absolute Gasteiger partial charge is 0.329 e. The normalized spacial score (nSPS) is 39.0. The average molecular weight is 201 g/mol. The van der Waals surface area contributed by atoms with Crippen LogP contribution in [0.15, 0.2) is 11.8 Å². The van der Waals surface area contributed by atoms with E-state index in [4.69, 9.17) is 14.9 Å². The van der Waals surface area contributed by atoms with Gasteiger partial charge >= 0.3 is 5.97 Å². The van der Waals surface area contributed by atoms with Crippen molar-refractivity contribution in [1.29, 1.82) is 0 Å². The molecule has 2 rings (SSSR count). The molecule has 78 valence electrons. The first-order valence-corrected chi connectivity index (χ1v) is 4.31. The topological polar surface area (TPSA) is 90.2 Å². The van der Waals surface area contributed by atoms with Crippen LogP contribution in [0.1, 0.15) is 6.42 Å². The molecular weight excluding hydrogens is 190 g/mol.